The molecule has 2 aromatic carbocycles. The quantitative estimate of drug-likeness (QED) is 0.441. The van der Waals surface area contributed by atoms with E-state index in [1.54, 1.807) is 6.07 Å². The maximum absolute atomic E-state index is 11.2. The van der Waals surface area contributed by atoms with Gasteiger partial charge in [-0.2, -0.15) is 0 Å². The summed E-state index contributed by atoms with van der Waals surface area (Å²) in [6.45, 7) is 4.08. The average Bonchev–Trinajstić information content (AvgIpc) is 2.45. The van der Waals surface area contributed by atoms with Crippen LogP contribution in [0.15, 0.2) is 53.4 Å². The first-order valence-corrected chi connectivity index (χ1v) is 7.51. The maximum atomic E-state index is 11.2. The Morgan fingerprint density at radius 2 is 1.85 bits per heavy atom. The van der Waals surface area contributed by atoms with E-state index in [1.807, 2.05) is 56.3 Å². The van der Waals surface area contributed by atoms with Gasteiger partial charge < -0.3 is 0 Å². The summed E-state index contributed by atoms with van der Waals surface area (Å²) in [6, 6.07) is 15.5. The van der Waals surface area contributed by atoms with Gasteiger partial charge in [-0.15, -0.1) is 11.8 Å². The third-order valence-electron chi connectivity index (χ3n) is 3.08. The van der Waals surface area contributed by atoms with E-state index in [0.29, 0.717) is 5.92 Å². The van der Waals surface area contributed by atoms with E-state index in [2.05, 4.69) is 0 Å². The molecule has 0 fully saturated rings. The van der Waals surface area contributed by atoms with Gasteiger partial charge in [0.1, 0.15) is 0 Å². The number of thioether (sulfide) groups is 1. The van der Waals surface area contributed by atoms with Crippen LogP contribution in [0.5, 0.6) is 0 Å². The van der Waals surface area contributed by atoms with Crippen LogP contribution in [-0.4, -0.2) is 4.92 Å². The Balaban J connectivity index is 2.21. The summed E-state index contributed by atoms with van der Waals surface area (Å²) in [4.78, 5) is 11.6. The highest BCUT2D eigenvalue weighted by molar-refractivity contribution is 7.98. The van der Waals surface area contributed by atoms with E-state index >= 15 is 0 Å². The number of hydrogen-bond acceptors (Lipinski definition) is 3. The molecule has 20 heavy (non-hydrogen) atoms. The molecular formula is C16H17NO2S. The lowest BCUT2D eigenvalue weighted by Crippen LogP contribution is -1.95. The number of benzene rings is 2. The Kier molecular flexibility index (Phi) is 4.79. The summed E-state index contributed by atoms with van der Waals surface area (Å²) in [6.07, 6.45) is 0. The third kappa shape index (κ3) is 3.61. The van der Waals surface area contributed by atoms with Crippen LogP contribution >= 0.6 is 11.8 Å². The van der Waals surface area contributed by atoms with E-state index in [1.165, 1.54) is 17.3 Å². The molecule has 0 unspecified atom stereocenters. The number of hydrogen-bond donors (Lipinski definition) is 0. The third-order valence-corrected chi connectivity index (χ3v) is 4.22. The molecule has 0 atom stereocenters. The summed E-state index contributed by atoms with van der Waals surface area (Å²) in [5.74, 6) is 1.03. The molecule has 0 aliphatic rings. The van der Waals surface area contributed by atoms with Crippen molar-refractivity contribution in [3.8, 4) is 0 Å². The molecule has 0 aliphatic carbocycles. The van der Waals surface area contributed by atoms with Gasteiger partial charge in [-0.3, -0.25) is 10.1 Å². The zero-order valence-electron chi connectivity index (χ0n) is 11.6. The van der Waals surface area contributed by atoms with Crippen molar-refractivity contribution in [3.05, 3.63) is 69.8 Å². The molecule has 0 saturated heterocycles. The van der Waals surface area contributed by atoms with Gasteiger partial charge in [0.25, 0.3) is 5.69 Å². The summed E-state index contributed by atoms with van der Waals surface area (Å²) in [7, 11) is 0. The van der Waals surface area contributed by atoms with E-state index in [4.69, 9.17) is 0 Å². The Bertz CT molecular complexity index is 597. The van der Waals surface area contributed by atoms with E-state index < -0.39 is 0 Å². The summed E-state index contributed by atoms with van der Waals surface area (Å²) in [5, 5.41) is 11.2. The maximum Gasteiger partial charge on any atom is 0.283 e. The highest BCUT2D eigenvalue weighted by Gasteiger charge is 2.16. The Labute approximate surface area is 123 Å². The van der Waals surface area contributed by atoms with Crippen molar-refractivity contribution in [1.82, 2.24) is 0 Å². The normalized spacial score (nSPS) is 10.8. The molecule has 0 radical (unpaired) electrons. The van der Waals surface area contributed by atoms with Crippen LogP contribution in [-0.2, 0) is 5.75 Å². The number of nitro groups is 1. The standard InChI is InChI=1S/C16H17NO2S/c1-12(2)14-8-9-16(15(10-14)17(18)19)20-11-13-6-4-3-5-7-13/h3-10,12H,11H2,1-2H3. The molecule has 104 valence electrons. The monoisotopic (exact) mass is 287 g/mol. The molecular weight excluding hydrogens is 270 g/mol. The van der Waals surface area contributed by atoms with Gasteiger partial charge in [-0.1, -0.05) is 50.2 Å². The fourth-order valence-corrected chi connectivity index (χ4v) is 2.85. The van der Waals surface area contributed by atoms with Crippen LogP contribution in [0.25, 0.3) is 0 Å². The van der Waals surface area contributed by atoms with Crippen molar-refractivity contribution in [2.75, 3.05) is 0 Å². The van der Waals surface area contributed by atoms with Crippen molar-refractivity contribution in [3.63, 3.8) is 0 Å². The molecule has 0 saturated carbocycles. The summed E-state index contributed by atoms with van der Waals surface area (Å²) >= 11 is 1.51. The molecule has 0 aliphatic heterocycles. The first kappa shape index (κ1) is 14.6. The molecule has 0 heterocycles. The molecule has 3 nitrogen and oxygen atoms in total. The van der Waals surface area contributed by atoms with Crippen LogP contribution in [0.1, 0.15) is 30.9 Å². The minimum absolute atomic E-state index is 0.206. The van der Waals surface area contributed by atoms with Crippen LogP contribution < -0.4 is 0 Å². The highest BCUT2D eigenvalue weighted by atomic mass is 32.2. The predicted molar refractivity (Wildman–Crippen MR) is 83.2 cm³/mol. The van der Waals surface area contributed by atoms with Gasteiger partial charge in [0.15, 0.2) is 0 Å². The molecule has 4 heteroatoms. The molecule has 0 aromatic heterocycles. The van der Waals surface area contributed by atoms with Gasteiger partial charge >= 0.3 is 0 Å². The van der Waals surface area contributed by atoms with Crippen LogP contribution in [0.3, 0.4) is 0 Å². The fraction of sp³-hybridized carbons (Fsp3) is 0.250. The largest absolute Gasteiger partial charge is 0.283 e. The predicted octanol–water partition coefficient (Wildman–Crippen LogP) is 5.01. The minimum atomic E-state index is -0.292. The highest BCUT2D eigenvalue weighted by Crippen LogP contribution is 2.33. The average molecular weight is 287 g/mol. The van der Waals surface area contributed by atoms with Crippen molar-refractivity contribution in [2.45, 2.75) is 30.4 Å². The van der Waals surface area contributed by atoms with Crippen molar-refractivity contribution in [1.29, 1.82) is 0 Å². The van der Waals surface area contributed by atoms with Crippen LogP contribution in [0.4, 0.5) is 5.69 Å². The molecule has 2 aromatic rings. The van der Waals surface area contributed by atoms with Crippen LogP contribution in [0.2, 0.25) is 0 Å². The SMILES string of the molecule is CC(C)c1ccc(SCc2ccccc2)c([N+](=O)[O-])c1. The second kappa shape index (κ2) is 6.57. The first-order chi connectivity index (χ1) is 9.58. The molecule has 2 rings (SSSR count). The van der Waals surface area contributed by atoms with E-state index in [9.17, 15) is 10.1 Å². The lowest BCUT2D eigenvalue weighted by Gasteiger charge is -2.08. The zero-order valence-corrected chi connectivity index (χ0v) is 12.4. The molecule has 0 N–H and O–H groups in total. The number of nitro benzene ring substituents is 1. The van der Waals surface area contributed by atoms with Gasteiger partial charge in [0, 0.05) is 11.8 Å². The molecule has 0 spiro atoms. The smallest absolute Gasteiger partial charge is 0.258 e. The van der Waals surface area contributed by atoms with Gasteiger partial charge in [-0.25, -0.2) is 0 Å². The lowest BCUT2D eigenvalue weighted by atomic mass is 10.0. The molecule has 0 amide bonds. The number of rotatable bonds is 5. The van der Waals surface area contributed by atoms with Gasteiger partial charge in [0.2, 0.25) is 0 Å². The Hall–Kier alpha value is -1.81. The fourth-order valence-electron chi connectivity index (χ4n) is 1.89. The van der Waals surface area contributed by atoms with E-state index in [-0.39, 0.29) is 10.6 Å². The first-order valence-electron chi connectivity index (χ1n) is 6.53. The summed E-state index contributed by atoms with van der Waals surface area (Å²) in [5.41, 5.74) is 2.37. The van der Waals surface area contributed by atoms with Gasteiger partial charge in [0.05, 0.1) is 9.82 Å². The second-order valence-corrected chi connectivity index (χ2v) is 5.93. The van der Waals surface area contributed by atoms with Gasteiger partial charge in [-0.05, 0) is 23.1 Å². The van der Waals surface area contributed by atoms with Crippen molar-refractivity contribution < 1.29 is 4.92 Å². The Morgan fingerprint density at radius 1 is 1.15 bits per heavy atom. The summed E-state index contributed by atoms with van der Waals surface area (Å²) < 4.78 is 0. The minimum Gasteiger partial charge on any atom is -0.258 e. The number of nitrogens with zero attached hydrogens (tertiary/aromatic N) is 1. The molecule has 0 bridgehead atoms. The van der Waals surface area contributed by atoms with E-state index in [0.717, 1.165) is 16.2 Å². The van der Waals surface area contributed by atoms with Crippen molar-refractivity contribution in [2.24, 2.45) is 0 Å². The topological polar surface area (TPSA) is 43.1 Å². The van der Waals surface area contributed by atoms with Crippen LogP contribution in [0, 0.1) is 10.1 Å². The lowest BCUT2D eigenvalue weighted by molar-refractivity contribution is -0.387. The second-order valence-electron chi connectivity index (χ2n) is 4.91. The Morgan fingerprint density at radius 3 is 2.45 bits per heavy atom. The van der Waals surface area contributed by atoms with Crippen molar-refractivity contribution >= 4 is 17.4 Å². The zero-order chi connectivity index (χ0) is 14.5.